The van der Waals surface area contributed by atoms with Crippen LogP contribution in [0.5, 0.6) is 0 Å². The van der Waals surface area contributed by atoms with E-state index in [9.17, 15) is 4.79 Å². The molecule has 2 aromatic rings. The van der Waals surface area contributed by atoms with Gasteiger partial charge in [0.05, 0.1) is 24.9 Å². The number of hydrogen-bond donors (Lipinski definition) is 0. The predicted molar refractivity (Wildman–Crippen MR) is 192 cm³/mol. The predicted octanol–water partition coefficient (Wildman–Crippen LogP) is 8.20. The normalized spacial score (nSPS) is 22.1. The van der Waals surface area contributed by atoms with Crippen LogP contribution in [0.1, 0.15) is 75.2 Å². The van der Waals surface area contributed by atoms with Crippen LogP contribution >= 0.6 is 0 Å². The van der Waals surface area contributed by atoms with Gasteiger partial charge < -0.3 is 18.3 Å². The molecule has 0 unspecified atom stereocenters. The Kier molecular flexibility index (Phi) is 12.8. The van der Waals surface area contributed by atoms with Crippen molar-refractivity contribution >= 4 is 33.0 Å². The highest BCUT2D eigenvalue weighted by molar-refractivity contribution is 6.99. The fourth-order valence-corrected chi connectivity index (χ4v) is 12.0. The van der Waals surface area contributed by atoms with Crippen molar-refractivity contribution in [3.05, 3.63) is 84.5 Å². The molecular weight excluding hydrogens is 593 g/mol. The van der Waals surface area contributed by atoms with E-state index in [4.69, 9.17) is 18.3 Å². The molecule has 1 aliphatic heterocycles. The molecule has 0 N–H and O–H groups in total. The maximum absolute atomic E-state index is 11.9. The number of esters is 1. The molecule has 3 rings (SSSR count). The van der Waals surface area contributed by atoms with Crippen molar-refractivity contribution in [1.29, 1.82) is 0 Å². The first-order valence-corrected chi connectivity index (χ1v) is 21.4. The second-order valence-corrected chi connectivity index (χ2v) is 24.1. The molecule has 0 aliphatic carbocycles. The SMILES string of the molecule is CCOC(=O)/C=C/C(C)=C\[C@@H]1O[C@H](CCO[Si](c2ccccc2)(c2ccccc2)C(C)(C)C)C[C@@H](O[Si](C)(C)C(C)(C)C)[C@@H]1C. The van der Waals surface area contributed by atoms with Crippen molar-refractivity contribution in [2.75, 3.05) is 13.2 Å². The van der Waals surface area contributed by atoms with E-state index in [0.717, 1.165) is 18.4 Å². The quantitative estimate of drug-likeness (QED) is 0.100. The minimum Gasteiger partial charge on any atom is -0.463 e. The lowest BCUT2D eigenvalue weighted by Gasteiger charge is -2.46. The van der Waals surface area contributed by atoms with Gasteiger partial charge in [-0.15, -0.1) is 0 Å². The Hall–Kier alpha value is -2.30. The van der Waals surface area contributed by atoms with Gasteiger partial charge in [0.1, 0.15) is 0 Å². The molecule has 0 amide bonds. The smallest absolute Gasteiger partial charge is 0.330 e. The minimum atomic E-state index is -2.64. The summed E-state index contributed by atoms with van der Waals surface area (Å²) in [7, 11) is -4.67. The van der Waals surface area contributed by atoms with Crippen molar-refractivity contribution < 1.29 is 23.1 Å². The highest BCUT2D eigenvalue weighted by Gasteiger charge is 2.50. The van der Waals surface area contributed by atoms with Crippen LogP contribution in [0.4, 0.5) is 0 Å². The average molecular weight is 651 g/mol. The van der Waals surface area contributed by atoms with E-state index in [1.165, 1.54) is 16.4 Å². The monoisotopic (exact) mass is 650 g/mol. The van der Waals surface area contributed by atoms with Crippen LogP contribution in [0.25, 0.3) is 0 Å². The van der Waals surface area contributed by atoms with Gasteiger partial charge in [-0.05, 0) is 60.2 Å². The zero-order valence-electron chi connectivity index (χ0n) is 29.7. The number of rotatable bonds is 12. The molecule has 0 saturated carbocycles. The van der Waals surface area contributed by atoms with Gasteiger partial charge in [0.15, 0.2) is 8.32 Å². The summed E-state index contributed by atoms with van der Waals surface area (Å²) in [5.74, 6) is -0.167. The topological polar surface area (TPSA) is 54.0 Å². The van der Waals surface area contributed by atoms with Crippen molar-refractivity contribution in [2.24, 2.45) is 5.92 Å². The van der Waals surface area contributed by atoms with Crippen molar-refractivity contribution in [3.63, 3.8) is 0 Å². The second kappa shape index (κ2) is 15.5. The standard InChI is InChI=1S/C38H58O5Si2/c1-12-40-36(39)24-23-29(2)27-34-30(3)35(43-44(10,11)37(4,5)6)28-31(42-34)25-26-41-45(38(7,8)9,32-19-15-13-16-20-32)33-21-17-14-18-22-33/h13-24,27,30-31,34-35H,12,25-26,28H2,1-11H3/b24-23+,29-27-/t30-,31-,34+,35-/m1/s1. The van der Waals surface area contributed by atoms with Gasteiger partial charge in [-0.2, -0.15) is 0 Å². The van der Waals surface area contributed by atoms with Crippen molar-refractivity contribution in [3.8, 4) is 0 Å². The highest BCUT2D eigenvalue weighted by Crippen LogP contribution is 2.41. The highest BCUT2D eigenvalue weighted by atomic mass is 28.4. The van der Waals surface area contributed by atoms with Gasteiger partial charge in [0, 0.05) is 18.6 Å². The number of hydrogen-bond acceptors (Lipinski definition) is 5. The molecule has 45 heavy (non-hydrogen) atoms. The zero-order valence-corrected chi connectivity index (χ0v) is 31.7. The maximum atomic E-state index is 11.9. The summed E-state index contributed by atoms with van der Waals surface area (Å²) >= 11 is 0. The van der Waals surface area contributed by atoms with E-state index >= 15 is 0 Å². The molecule has 1 aliphatic rings. The van der Waals surface area contributed by atoms with Crippen LogP contribution in [-0.4, -0.2) is 54.1 Å². The molecule has 0 bridgehead atoms. The molecule has 0 radical (unpaired) electrons. The Morgan fingerprint density at radius 3 is 1.96 bits per heavy atom. The van der Waals surface area contributed by atoms with Crippen molar-refractivity contribution in [2.45, 2.75) is 117 Å². The zero-order chi connectivity index (χ0) is 33.5. The number of carbonyl (C=O) groups excluding carboxylic acids is 1. The number of benzene rings is 2. The summed E-state index contributed by atoms with van der Waals surface area (Å²) in [6.45, 7) is 25.5. The molecule has 1 fully saturated rings. The van der Waals surface area contributed by atoms with Gasteiger partial charge in [0.25, 0.3) is 8.32 Å². The van der Waals surface area contributed by atoms with Gasteiger partial charge in [-0.3, -0.25) is 0 Å². The summed E-state index contributed by atoms with van der Waals surface area (Å²) in [6.07, 6.45) is 6.96. The summed E-state index contributed by atoms with van der Waals surface area (Å²) < 4.78 is 26.2. The summed E-state index contributed by atoms with van der Waals surface area (Å²) in [6, 6.07) is 21.6. The molecule has 7 heteroatoms. The number of ether oxygens (including phenoxy) is 2. The van der Waals surface area contributed by atoms with Crippen LogP contribution < -0.4 is 10.4 Å². The molecule has 0 aromatic heterocycles. The maximum Gasteiger partial charge on any atom is 0.330 e. The minimum absolute atomic E-state index is 0.0164. The van der Waals surface area contributed by atoms with E-state index in [-0.39, 0.29) is 40.3 Å². The fourth-order valence-electron chi connectivity index (χ4n) is 5.98. The lowest BCUT2D eigenvalue weighted by molar-refractivity contribution is -0.137. The first-order chi connectivity index (χ1) is 21.0. The van der Waals surface area contributed by atoms with Gasteiger partial charge >= 0.3 is 5.97 Å². The first kappa shape index (κ1) is 37.2. The van der Waals surface area contributed by atoms with E-state index in [2.05, 4.69) is 128 Å². The van der Waals surface area contributed by atoms with Crippen LogP contribution in [0.3, 0.4) is 0 Å². The third-order valence-electron chi connectivity index (χ3n) is 9.57. The molecule has 248 valence electrons. The molecule has 1 saturated heterocycles. The van der Waals surface area contributed by atoms with E-state index in [1.54, 1.807) is 0 Å². The second-order valence-electron chi connectivity index (χ2n) is 15.0. The first-order valence-electron chi connectivity index (χ1n) is 16.6. The number of allylic oxidation sites excluding steroid dienone is 2. The Bertz CT molecular complexity index is 1240. The van der Waals surface area contributed by atoms with E-state index in [0.29, 0.717) is 13.2 Å². The Morgan fingerprint density at radius 2 is 1.47 bits per heavy atom. The largest absolute Gasteiger partial charge is 0.463 e. The van der Waals surface area contributed by atoms with Crippen LogP contribution in [0, 0.1) is 5.92 Å². The van der Waals surface area contributed by atoms with Gasteiger partial charge in [-0.25, -0.2) is 4.79 Å². The molecule has 0 spiro atoms. The van der Waals surface area contributed by atoms with Crippen LogP contribution in [0.2, 0.25) is 23.2 Å². The van der Waals surface area contributed by atoms with Gasteiger partial charge in [-0.1, -0.05) is 127 Å². The Labute approximate surface area is 275 Å². The molecule has 2 aromatic carbocycles. The molecule has 1 heterocycles. The summed E-state index contributed by atoms with van der Waals surface area (Å²) in [5, 5.41) is 2.59. The molecule has 5 nitrogen and oxygen atoms in total. The third-order valence-corrected chi connectivity index (χ3v) is 19.1. The summed E-state index contributed by atoms with van der Waals surface area (Å²) in [4.78, 5) is 11.9. The van der Waals surface area contributed by atoms with Crippen LogP contribution in [-0.2, 0) is 23.1 Å². The lowest BCUT2D eigenvalue weighted by Crippen LogP contribution is -2.66. The fraction of sp³-hybridized carbons (Fsp3) is 0.553. The average Bonchev–Trinajstić information content (AvgIpc) is 2.96. The Morgan fingerprint density at radius 1 is 0.911 bits per heavy atom. The van der Waals surface area contributed by atoms with Crippen molar-refractivity contribution in [1.82, 2.24) is 0 Å². The van der Waals surface area contributed by atoms with Gasteiger partial charge in [0.2, 0.25) is 0 Å². The Balaban J connectivity index is 1.91. The van der Waals surface area contributed by atoms with E-state index in [1.807, 2.05) is 19.9 Å². The lowest BCUT2D eigenvalue weighted by atomic mass is 9.88. The molecular formula is C38H58O5Si2. The van der Waals surface area contributed by atoms with Crippen LogP contribution in [0.15, 0.2) is 84.5 Å². The van der Waals surface area contributed by atoms with E-state index < -0.39 is 16.6 Å². The third kappa shape index (κ3) is 9.38. The summed E-state index contributed by atoms with van der Waals surface area (Å²) in [5.41, 5.74) is 0.968. The molecule has 4 atom stereocenters. The number of carbonyl (C=O) groups is 1.